The second kappa shape index (κ2) is 11.1. The van der Waals surface area contributed by atoms with Gasteiger partial charge in [-0.15, -0.1) is 0 Å². The number of unbranched alkanes of at least 4 members (excludes halogenated alkanes) is 9. The van der Waals surface area contributed by atoms with Crippen LogP contribution >= 0.6 is 0 Å². The lowest BCUT2D eigenvalue weighted by molar-refractivity contribution is -0.233. The average molecular weight is 379 g/mol. The molecule has 0 aromatic heterocycles. The van der Waals surface area contributed by atoms with Crippen molar-refractivity contribution in [3.63, 3.8) is 0 Å². The first-order chi connectivity index (χ1) is 13.0. The molecule has 2 rings (SSSR count). The van der Waals surface area contributed by atoms with Gasteiger partial charge >= 0.3 is 0 Å². The molecule has 4 nitrogen and oxygen atoms in total. The Bertz CT molecular complexity index is 513. The van der Waals surface area contributed by atoms with Crippen LogP contribution in [0.4, 0.5) is 0 Å². The summed E-state index contributed by atoms with van der Waals surface area (Å²) in [7, 11) is 0. The van der Waals surface area contributed by atoms with Crippen molar-refractivity contribution in [3.8, 4) is 0 Å². The first-order valence-electron chi connectivity index (χ1n) is 11.0. The van der Waals surface area contributed by atoms with Gasteiger partial charge in [-0.2, -0.15) is 0 Å². The molecule has 0 bridgehead atoms. The molecule has 154 valence electrons. The highest BCUT2D eigenvalue weighted by Crippen LogP contribution is 2.44. The maximum absolute atomic E-state index is 11.5. The maximum atomic E-state index is 11.5. The zero-order chi connectivity index (χ0) is 19.6. The fourth-order valence-corrected chi connectivity index (χ4v) is 4.12. The number of allylic oxidation sites excluding steroid dienone is 3. The van der Waals surface area contributed by atoms with Crippen molar-refractivity contribution in [3.05, 3.63) is 24.3 Å². The number of aliphatic hydroxyl groups is 2. The summed E-state index contributed by atoms with van der Waals surface area (Å²) in [6, 6.07) is 0. The number of hydrogen-bond donors (Lipinski definition) is 2. The number of carbonyl (C=O) groups excluding carboxylic acids is 1. The lowest BCUT2D eigenvalue weighted by Gasteiger charge is -2.35. The van der Waals surface area contributed by atoms with Crippen LogP contribution in [0.2, 0.25) is 0 Å². The van der Waals surface area contributed by atoms with E-state index < -0.39 is 11.4 Å². The highest BCUT2D eigenvalue weighted by atomic mass is 16.7. The Kier molecular flexibility index (Phi) is 9.20. The Morgan fingerprint density at radius 3 is 2.37 bits per heavy atom. The Balaban J connectivity index is 1.48. The summed E-state index contributed by atoms with van der Waals surface area (Å²) in [5, 5.41) is 21.0. The summed E-state index contributed by atoms with van der Waals surface area (Å²) >= 11 is 0. The molecule has 0 radical (unpaired) electrons. The topological polar surface area (TPSA) is 66.8 Å². The van der Waals surface area contributed by atoms with Crippen molar-refractivity contribution < 1.29 is 19.7 Å². The number of ketones is 1. The first kappa shape index (κ1) is 22.3. The third-order valence-electron chi connectivity index (χ3n) is 5.83. The molecule has 0 spiro atoms. The number of rotatable bonds is 13. The van der Waals surface area contributed by atoms with Crippen LogP contribution in [0.1, 0.15) is 96.8 Å². The predicted molar refractivity (Wildman–Crippen MR) is 108 cm³/mol. The molecule has 3 atom stereocenters. The summed E-state index contributed by atoms with van der Waals surface area (Å²) in [6.45, 7) is 2.24. The van der Waals surface area contributed by atoms with Crippen molar-refractivity contribution in [1.82, 2.24) is 0 Å². The molecule has 1 aliphatic heterocycles. The van der Waals surface area contributed by atoms with Crippen LogP contribution in [0.15, 0.2) is 24.3 Å². The van der Waals surface area contributed by atoms with Crippen LogP contribution < -0.4 is 0 Å². The summed E-state index contributed by atoms with van der Waals surface area (Å²) < 4.78 is 5.67. The number of hydrogen-bond acceptors (Lipinski definition) is 4. The maximum Gasteiger partial charge on any atom is 0.216 e. The van der Waals surface area contributed by atoms with E-state index in [1.165, 1.54) is 69.9 Å². The van der Waals surface area contributed by atoms with Gasteiger partial charge in [0, 0.05) is 12.8 Å². The fraction of sp³-hybridized carbons (Fsp3) is 0.783. The SMILES string of the molecule is CCCCCC/C=C\CCCCCCC[C@@H]1C[C@@]2(O)CC(=O)C=C[C@@]2(O)O1. The average Bonchev–Trinajstić information content (AvgIpc) is 2.89. The minimum absolute atomic E-state index is 0.0530. The van der Waals surface area contributed by atoms with Crippen molar-refractivity contribution in [2.45, 2.75) is 114 Å². The molecule has 4 heteroatoms. The molecule has 0 unspecified atom stereocenters. The molecular weight excluding hydrogens is 340 g/mol. The zero-order valence-electron chi connectivity index (χ0n) is 17.0. The molecule has 0 aromatic rings. The molecule has 27 heavy (non-hydrogen) atoms. The van der Waals surface area contributed by atoms with Crippen molar-refractivity contribution >= 4 is 5.78 Å². The number of carbonyl (C=O) groups is 1. The number of fused-ring (bicyclic) bond motifs is 1. The van der Waals surface area contributed by atoms with Crippen molar-refractivity contribution in [1.29, 1.82) is 0 Å². The van der Waals surface area contributed by atoms with E-state index in [1.807, 2.05) is 0 Å². The highest BCUT2D eigenvalue weighted by Gasteiger charge is 2.59. The fourth-order valence-electron chi connectivity index (χ4n) is 4.12. The molecule has 2 N–H and O–H groups in total. The van der Waals surface area contributed by atoms with Crippen molar-refractivity contribution in [2.75, 3.05) is 0 Å². The van der Waals surface area contributed by atoms with Gasteiger partial charge in [-0.1, -0.05) is 64.0 Å². The molecular formula is C23H38O4. The van der Waals surface area contributed by atoms with Gasteiger partial charge in [0.2, 0.25) is 5.79 Å². The van der Waals surface area contributed by atoms with Gasteiger partial charge in [0.25, 0.3) is 0 Å². The minimum Gasteiger partial charge on any atom is -0.383 e. The Morgan fingerprint density at radius 2 is 1.67 bits per heavy atom. The molecule has 1 heterocycles. The van der Waals surface area contributed by atoms with Gasteiger partial charge in [-0.3, -0.25) is 4.79 Å². The smallest absolute Gasteiger partial charge is 0.216 e. The zero-order valence-corrected chi connectivity index (χ0v) is 17.0. The molecule has 1 fully saturated rings. The van der Waals surface area contributed by atoms with Crippen LogP contribution in [0.25, 0.3) is 0 Å². The minimum atomic E-state index is -1.69. The third kappa shape index (κ3) is 6.85. The molecule has 0 aromatic carbocycles. The molecule has 1 aliphatic carbocycles. The normalized spacial score (nSPS) is 30.3. The lowest BCUT2D eigenvalue weighted by Crippen LogP contribution is -2.52. The van der Waals surface area contributed by atoms with Crippen LogP contribution in [0.5, 0.6) is 0 Å². The highest BCUT2D eigenvalue weighted by molar-refractivity contribution is 5.92. The van der Waals surface area contributed by atoms with Gasteiger partial charge in [0.05, 0.1) is 6.10 Å². The van der Waals surface area contributed by atoms with Crippen molar-refractivity contribution in [2.24, 2.45) is 0 Å². The molecule has 0 amide bonds. The van der Waals surface area contributed by atoms with E-state index in [-0.39, 0.29) is 18.3 Å². The summed E-state index contributed by atoms with van der Waals surface area (Å²) in [5.41, 5.74) is -1.45. The van der Waals surface area contributed by atoms with E-state index in [2.05, 4.69) is 19.1 Å². The second-order valence-electron chi connectivity index (χ2n) is 8.31. The molecule has 1 saturated heterocycles. The van der Waals surface area contributed by atoms with E-state index in [9.17, 15) is 15.0 Å². The Morgan fingerprint density at radius 1 is 1.04 bits per heavy atom. The Hall–Kier alpha value is -0.970. The molecule has 2 aliphatic rings. The summed E-state index contributed by atoms with van der Waals surface area (Å²) in [6.07, 6.45) is 21.8. The van der Waals surface area contributed by atoms with Gasteiger partial charge in [-0.25, -0.2) is 0 Å². The monoisotopic (exact) mass is 378 g/mol. The second-order valence-corrected chi connectivity index (χ2v) is 8.31. The number of ether oxygens (including phenoxy) is 1. The van der Waals surface area contributed by atoms with Gasteiger partial charge in [-0.05, 0) is 44.3 Å². The first-order valence-corrected chi connectivity index (χ1v) is 11.0. The van der Waals surface area contributed by atoms with Crippen LogP contribution in [0.3, 0.4) is 0 Å². The molecule has 0 saturated carbocycles. The van der Waals surface area contributed by atoms with Crippen LogP contribution in [-0.4, -0.2) is 33.5 Å². The lowest BCUT2D eigenvalue weighted by atomic mass is 9.81. The third-order valence-corrected chi connectivity index (χ3v) is 5.83. The van der Waals surface area contributed by atoms with E-state index in [1.54, 1.807) is 0 Å². The van der Waals surface area contributed by atoms with Gasteiger partial charge < -0.3 is 14.9 Å². The predicted octanol–water partition coefficient (Wildman–Crippen LogP) is 4.98. The summed E-state index contributed by atoms with van der Waals surface area (Å²) in [5.74, 6) is -1.84. The van der Waals surface area contributed by atoms with Crippen LogP contribution in [-0.2, 0) is 9.53 Å². The standard InChI is InChI=1S/C23H38O4/c1-2-3-4-5-6-7-8-9-10-11-12-13-14-15-21-19-22(25)18-20(24)16-17-23(22,26)27-21/h7-8,16-17,21,25-26H,2-6,9-15,18-19H2,1H3/b8-7-/t21-,22+,23-/m1/s1. The van der Waals surface area contributed by atoms with E-state index >= 15 is 0 Å². The van der Waals surface area contributed by atoms with E-state index in [4.69, 9.17) is 4.74 Å². The van der Waals surface area contributed by atoms with Gasteiger partial charge in [0.1, 0.15) is 5.60 Å². The quantitative estimate of drug-likeness (QED) is 0.350. The summed E-state index contributed by atoms with van der Waals surface area (Å²) in [4.78, 5) is 11.5. The largest absolute Gasteiger partial charge is 0.383 e. The van der Waals surface area contributed by atoms with Crippen LogP contribution in [0, 0.1) is 0 Å². The van der Waals surface area contributed by atoms with Gasteiger partial charge in [0.15, 0.2) is 5.78 Å². The van der Waals surface area contributed by atoms with E-state index in [0.717, 1.165) is 19.3 Å². The van der Waals surface area contributed by atoms with E-state index in [0.29, 0.717) is 6.42 Å². The Labute approximate surface area is 164 Å².